The molecule has 1 saturated heterocycles. The van der Waals surface area contributed by atoms with E-state index in [9.17, 15) is 4.79 Å². The Bertz CT molecular complexity index is 200. The summed E-state index contributed by atoms with van der Waals surface area (Å²) in [7, 11) is 0. The fourth-order valence-corrected chi connectivity index (χ4v) is 1.60. The van der Waals surface area contributed by atoms with Crippen LogP contribution in [0.5, 0.6) is 0 Å². The van der Waals surface area contributed by atoms with Crippen LogP contribution in [0.25, 0.3) is 0 Å². The van der Waals surface area contributed by atoms with Gasteiger partial charge in [0, 0.05) is 6.61 Å². The SMILES string of the molecule is CCC[C@H](N)C(=O)NC1(C)CCOC1. The van der Waals surface area contributed by atoms with Gasteiger partial charge in [0.25, 0.3) is 0 Å². The van der Waals surface area contributed by atoms with Crippen molar-refractivity contribution in [2.75, 3.05) is 13.2 Å². The smallest absolute Gasteiger partial charge is 0.237 e. The fraction of sp³-hybridized carbons (Fsp3) is 0.900. The molecule has 0 aliphatic carbocycles. The molecule has 0 radical (unpaired) electrons. The molecule has 1 heterocycles. The molecule has 4 heteroatoms. The maximum absolute atomic E-state index is 11.6. The van der Waals surface area contributed by atoms with Gasteiger partial charge >= 0.3 is 0 Å². The van der Waals surface area contributed by atoms with E-state index in [1.165, 1.54) is 0 Å². The third kappa shape index (κ3) is 2.96. The second-order valence-electron chi connectivity index (χ2n) is 4.25. The predicted molar refractivity (Wildman–Crippen MR) is 54.9 cm³/mol. The molecule has 1 unspecified atom stereocenters. The highest BCUT2D eigenvalue weighted by Crippen LogP contribution is 2.17. The highest BCUT2D eigenvalue weighted by molar-refractivity contribution is 5.82. The van der Waals surface area contributed by atoms with E-state index in [1.54, 1.807) is 0 Å². The zero-order valence-corrected chi connectivity index (χ0v) is 9.01. The van der Waals surface area contributed by atoms with Gasteiger partial charge in [-0.3, -0.25) is 4.79 Å². The van der Waals surface area contributed by atoms with Crippen LogP contribution in [0.3, 0.4) is 0 Å². The normalized spacial score (nSPS) is 28.8. The molecule has 0 spiro atoms. The topological polar surface area (TPSA) is 64.4 Å². The summed E-state index contributed by atoms with van der Waals surface area (Å²) in [5, 5.41) is 2.95. The summed E-state index contributed by atoms with van der Waals surface area (Å²) in [4.78, 5) is 11.6. The van der Waals surface area contributed by atoms with E-state index in [2.05, 4.69) is 5.32 Å². The average Bonchev–Trinajstić information content (AvgIpc) is 2.52. The van der Waals surface area contributed by atoms with Crippen LogP contribution in [0.15, 0.2) is 0 Å². The average molecular weight is 200 g/mol. The second-order valence-corrected chi connectivity index (χ2v) is 4.25. The molecular formula is C10H20N2O2. The van der Waals surface area contributed by atoms with Crippen LogP contribution in [-0.4, -0.2) is 30.7 Å². The number of nitrogens with two attached hydrogens (primary N) is 1. The first kappa shape index (κ1) is 11.5. The monoisotopic (exact) mass is 200 g/mol. The Labute approximate surface area is 85.2 Å². The van der Waals surface area contributed by atoms with Crippen LogP contribution < -0.4 is 11.1 Å². The van der Waals surface area contributed by atoms with Crippen molar-refractivity contribution in [2.24, 2.45) is 5.73 Å². The van der Waals surface area contributed by atoms with Crippen LogP contribution in [0.4, 0.5) is 0 Å². The van der Waals surface area contributed by atoms with Gasteiger partial charge in [-0.15, -0.1) is 0 Å². The largest absolute Gasteiger partial charge is 0.379 e. The van der Waals surface area contributed by atoms with Crippen LogP contribution in [-0.2, 0) is 9.53 Å². The minimum absolute atomic E-state index is 0.0557. The Hall–Kier alpha value is -0.610. The van der Waals surface area contributed by atoms with Gasteiger partial charge in [0.05, 0.1) is 18.2 Å². The highest BCUT2D eigenvalue weighted by Gasteiger charge is 2.32. The molecule has 0 aromatic carbocycles. The third-order valence-electron chi connectivity index (χ3n) is 2.58. The maximum atomic E-state index is 11.6. The van der Waals surface area contributed by atoms with Gasteiger partial charge in [-0.25, -0.2) is 0 Å². The molecule has 4 nitrogen and oxygen atoms in total. The van der Waals surface area contributed by atoms with Gasteiger partial charge in [-0.05, 0) is 19.8 Å². The third-order valence-corrected chi connectivity index (χ3v) is 2.58. The van der Waals surface area contributed by atoms with Crippen molar-refractivity contribution in [1.82, 2.24) is 5.32 Å². The number of nitrogens with one attached hydrogen (secondary N) is 1. The lowest BCUT2D eigenvalue weighted by molar-refractivity contribution is -0.124. The number of ether oxygens (including phenoxy) is 1. The molecule has 1 rings (SSSR count). The molecular weight excluding hydrogens is 180 g/mol. The number of hydrogen-bond acceptors (Lipinski definition) is 3. The standard InChI is InChI=1S/C10H20N2O2/c1-3-4-8(11)9(13)12-10(2)5-6-14-7-10/h8H,3-7,11H2,1-2H3,(H,12,13)/t8-,10?/m0/s1. The molecule has 14 heavy (non-hydrogen) atoms. The van der Waals surface area contributed by atoms with Crippen molar-refractivity contribution in [3.63, 3.8) is 0 Å². The van der Waals surface area contributed by atoms with E-state index in [0.717, 1.165) is 25.9 Å². The Balaban J connectivity index is 2.39. The molecule has 0 aromatic rings. The van der Waals surface area contributed by atoms with Crippen molar-refractivity contribution in [2.45, 2.75) is 44.7 Å². The van der Waals surface area contributed by atoms with Gasteiger partial charge in [0.1, 0.15) is 0 Å². The Morgan fingerprint density at radius 2 is 2.43 bits per heavy atom. The summed E-state index contributed by atoms with van der Waals surface area (Å²) in [5.41, 5.74) is 5.51. The van der Waals surface area contributed by atoms with Crippen molar-refractivity contribution in [3.8, 4) is 0 Å². The van der Waals surface area contributed by atoms with Crippen molar-refractivity contribution >= 4 is 5.91 Å². The lowest BCUT2D eigenvalue weighted by atomic mass is 10.0. The number of hydrogen-bond donors (Lipinski definition) is 2. The molecule has 0 bridgehead atoms. The molecule has 1 amide bonds. The Kier molecular flexibility index (Phi) is 3.89. The number of rotatable bonds is 4. The van der Waals surface area contributed by atoms with Crippen LogP contribution in [0.2, 0.25) is 0 Å². The van der Waals surface area contributed by atoms with Crippen LogP contribution in [0, 0.1) is 0 Å². The van der Waals surface area contributed by atoms with Crippen molar-refractivity contribution < 1.29 is 9.53 Å². The summed E-state index contributed by atoms with van der Waals surface area (Å²) < 4.78 is 5.25. The van der Waals surface area contributed by atoms with Gasteiger partial charge in [-0.1, -0.05) is 13.3 Å². The fourth-order valence-electron chi connectivity index (χ4n) is 1.60. The second kappa shape index (κ2) is 4.75. The van der Waals surface area contributed by atoms with Gasteiger partial charge in [-0.2, -0.15) is 0 Å². The first-order valence-corrected chi connectivity index (χ1v) is 5.23. The number of carbonyl (C=O) groups is 1. The summed E-state index contributed by atoms with van der Waals surface area (Å²) in [6, 6.07) is -0.377. The molecule has 0 saturated carbocycles. The van der Waals surface area contributed by atoms with Crippen LogP contribution in [0.1, 0.15) is 33.1 Å². The zero-order valence-electron chi connectivity index (χ0n) is 9.01. The Morgan fingerprint density at radius 3 is 2.93 bits per heavy atom. The molecule has 3 N–H and O–H groups in total. The Morgan fingerprint density at radius 1 is 1.71 bits per heavy atom. The van der Waals surface area contributed by atoms with Crippen molar-refractivity contribution in [3.05, 3.63) is 0 Å². The molecule has 2 atom stereocenters. The van der Waals surface area contributed by atoms with E-state index in [-0.39, 0.29) is 17.5 Å². The van der Waals surface area contributed by atoms with Gasteiger partial charge in [0.15, 0.2) is 0 Å². The summed E-state index contributed by atoms with van der Waals surface area (Å²) in [5.74, 6) is -0.0557. The van der Waals surface area contributed by atoms with Crippen LogP contribution >= 0.6 is 0 Å². The lowest BCUT2D eigenvalue weighted by Gasteiger charge is -2.25. The maximum Gasteiger partial charge on any atom is 0.237 e. The minimum Gasteiger partial charge on any atom is -0.379 e. The molecule has 1 aliphatic rings. The quantitative estimate of drug-likeness (QED) is 0.691. The molecule has 0 aromatic heterocycles. The van der Waals surface area contributed by atoms with Gasteiger partial charge < -0.3 is 15.8 Å². The van der Waals surface area contributed by atoms with Gasteiger partial charge in [0.2, 0.25) is 5.91 Å². The van der Waals surface area contributed by atoms with E-state index < -0.39 is 0 Å². The van der Waals surface area contributed by atoms with E-state index in [4.69, 9.17) is 10.5 Å². The first-order chi connectivity index (χ1) is 6.57. The van der Waals surface area contributed by atoms with E-state index >= 15 is 0 Å². The summed E-state index contributed by atoms with van der Waals surface area (Å²) in [6.45, 7) is 5.33. The highest BCUT2D eigenvalue weighted by atomic mass is 16.5. The lowest BCUT2D eigenvalue weighted by Crippen LogP contribution is -2.52. The molecule has 82 valence electrons. The predicted octanol–water partition coefficient (Wildman–Crippen LogP) is 0.409. The number of amides is 1. The van der Waals surface area contributed by atoms with E-state index in [0.29, 0.717) is 6.61 Å². The summed E-state index contributed by atoms with van der Waals surface area (Å²) in [6.07, 6.45) is 2.54. The summed E-state index contributed by atoms with van der Waals surface area (Å²) >= 11 is 0. The number of carbonyl (C=O) groups excluding carboxylic acids is 1. The molecule has 1 fully saturated rings. The molecule has 1 aliphatic heterocycles. The van der Waals surface area contributed by atoms with E-state index in [1.807, 2.05) is 13.8 Å². The minimum atomic E-state index is -0.377. The van der Waals surface area contributed by atoms with Crippen molar-refractivity contribution in [1.29, 1.82) is 0 Å². The zero-order chi connectivity index (χ0) is 10.6. The first-order valence-electron chi connectivity index (χ1n) is 5.23.